The molecule has 2 rings (SSSR count). The second kappa shape index (κ2) is 2.89. The lowest BCUT2D eigenvalue weighted by atomic mass is 9.92. The molecule has 0 atom stereocenters. The van der Waals surface area contributed by atoms with Crippen molar-refractivity contribution < 1.29 is 14.6 Å². The van der Waals surface area contributed by atoms with Crippen molar-refractivity contribution in [2.45, 2.75) is 26.4 Å². The molecule has 1 aromatic rings. The fourth-order valence-electron chi connectivity index (χ4n) is 1.83. The summed E-state index contributed by atoms with van der Waals surface area (Å²) in [7, 11) is 0. The van der Waals surface area contributed by atoms with Gasteiger partial charge in [-0.15, -0.1) is 0 Å². The van der Waals surface area contributed by atoms with E-state index in [0.29, 0.717) is 11.5 Å². The van der Waals surface area contributed by atoms with Crippen molar-refractivity contribution in [2.75, 3.05) is 6.79 Å². The molecule has 3 nitrogen and oxygen atoms in total. The Kier molecular flexibility index (Phi) is 1.93. The summed E-state index contributed by atoms with van der Waals surface area (Å²) in [5, 5.41) is 10.00. The number of fused-ring (bicyclic) bond motifs is 1. The van der Waals surface area contributed by atoms with Crippen LogP contribution in [0.15, 0.2) is 12.1 Å². The first-order valence-corrected chi connectivity index (χ1v) is 4.62. The molecule has 1 aliphatic heterocycles. The Bertz CT molecular complexity index is 364. The largest absolute Gasteiger partial charge is 0.454 e. The van der Waals surface area contributed by atoms with E-state index in [9.17, 15) is 5.11 Å². The molecule has 76 valence electrons. The van der Waals surface area contributed by atoms with Gasteiger partial charge in [0.25, 0.3) is 0 Å². The van der Waals surface area contributed by atoms with Crippen LogP contribution >= 0.6 is 0 Å². The van der Waals surface area contributed by atoms with E-state index in [2.05, 4.69) is 0 Å². The molecule has 0 unspecified atom stereocenters. The van der Waals surface area contributed by atoms with Crippen LogP contribution in [0.2, 0.25) is 0 Å². The topological polar surface area (TPSA) is 38.7 Å². The Morgan fingerprint density at radius 1 is 1.29 bits per heavy atom. The van der Waals surface area contributed by atoms with Crippen LogP contribution in [0.3, 0.4) is 0 Å². The van der Waals surface area contributed by atoms with E-state index in [1.165, 1.54) is 0 Å². The number of aryl methyl sites for hydroxylation is 1. The third-order valence-corrected chi connectivity index (χ3v) is 2.36. The summed E-state index contributed by atoms with van der Waals surface area (Å²) < 4.78 is 10.6. The first-order valence-electron chi connectivity index (χ1n) is 4.62. The van der Waals surface area contributed by atoms with E-state index in [4.69, 9.17) is 9.47 Å². The molecular weight excluding hydrogens is 180 g/mol. The fraction of sp³-hybridized carbons (Fsp3) is 0.455. The average Bonchev–Trinajstić information content (AvgIpc) is 2.48. The van der Waals surface area contributed by atoms with Gasteiger partial charge >= 0.3 is 0 Å². The molecule has 14 heavy (non-hydrogen) atoms. The normalized spacial score (nSPS) is 14.6. The lowest BCUT2D eigenvalue weighted by Gasteiger charge is -2.21. The zero-order valence-electron chi connectivity index (χ0n) is 8.63. The Labute approximate surface area is 83.3 Å². The number of rotatable bonds is 1. The number of aliphatic hydroxyl groups is 1. The summed E-state index contributed by atoms with van der Waals surface area (Å²) in [4.78, 5) is 0. The molecule has 0 aliphatic carbocycles. The SMILES string of the molecule is Cc1ccc2c(c1C(C)(C)O)OCO2. The van der Waals surface area contributed by atoms with Crippen molar-refractivity contribution in [3.8, 4) is 11.5 Å². The standard InChI is InChI=1S/C11H14O3/c1-7-4-5-8-10(14-6-13-8)9(7)11(2,3)12/h4-5,12H,6H2,1-3H3. The molecule has 0 aromatic heterocycles. The van der Waals surface area contributed by atoms with Gasteiger partial charge in [-0.2, -0.15) is 0 Å². The minimum absolute atomic E-state index is 0.238. The monoisotopic (exact) mass is 194 g/mol. The second-order valence-electron chi connectivity index (χ2n) is 4.05. The van der Waals surface area contributed by atoms with Gasteiger partial charge < -0.3 is 14.6 Å². The van der Waals surface area contributed by atoms with E-state index < -0.39 is 5.60 Å². The number of hydrogen-bond donors (Lipinski definition) is 1. The zero-order valence-corrected chi connectivity index (χ0v) is 8.63. The van der Waals surface area contributed by atoms with E-state index in [0.717, 1.165) is 11.1 Å². The van der Waals surface area contributed by atoms with Crippen molar-refractivity contribution in [3.05, 3.63) is 23.3 Å². The Morgan fingerprint density at radius 2 is 2.00 bits per heavy atom. The molecule has 1 N–H and O–H groups in total. The minimum atomic E-state index is -0.900. The van der Waals surface area contributed by atoms with Gasteiger partial charge in [0.05, 0.1) is 5.60 Å². The molecule has 1 aliphatic rings. The lowest BCUT2D eigenvalue weighted by Crippen LogP contribution is -2.18. The maximum absolute atomic E-state index is 10.00. The Balaban J connectivity index is 2.63. The molecule has 0 radical (unpaired) electrons. The predicted molar refractivity (Wildman–Crippen MR) is 52.5 cm³/mol. The highest BCUT2D eigenvalue weighted by molar-refractivity contribution is 5.53. The maximum Gasteiger partial charge on any atom is 0.231 e. The van der Waals surface area contributed by atoms with Gasteiger partial charge in [0.2, 0.25) is 6.79 Å². The molecule has 3 heteroatoms. The number of benzene rings is 1. The van der Waals surface area contributed by atoms with Crippen LogP contribution in [0.25, 0.3) is 0 Å². The van der Waals surface area contributed by atoms with Gasteiger partial charge in [-0.3, -0.25) is 0 Å². The quantitative estimate of drug-likeness (QED) is 0.742. The van der Waals surface area contributed by atoms with E-state index >= 15 is 0 Å². The van der Waals surface area contributed by atoms with Crippen LogP contribution in [-0.4, -0.2) is 11.9 Å². The molecule has 1 aromatic carbocycles. The van der Waals surface area contributed by atoms with Crippen LogP contribution < -0.4 is 9.47 Å². The van der Waals surface area contributed by atoms with Gasteiger partial charge in [-0.05, 0) is 32.4 Å². The van der Waals surface area contributed by atoms with Gasteiger partial charge in [0, 0.05) is 5.56 Å². The van der Waals surface area contributed by atoms with E-state index in [1.807, 2.05) is 19.1 Å². The van der Waals surface area contributed by atoms with Crippen LogP contribution in [-0.2, 0) is 5.60 Å². The van der Waals surface area contributed by atoms with Crippen molar-refractivity contribution in [3.63, 3.8) is 0 Å². The second-order valence-corrected chi connectivity index (χ2v) is 4.05. The van der Waals surface area contributed by atoms with Crippen molar-refractivity contribution in [2.24, 2.45) is 0 Å². The smallest absolute Gasteiger partial charge is 0.231 e. The lowest BCUT2D eigenvalue weighted by molar-refractivity contribution is 0.0737. The van der Waals surface area contributed by atoms with Crippen LogP contribution in [0, 0.1) is 6.92 Å². The maximum atomic E-state index is 10.00. The molecule has 1 heterocycles. The van der Waals surface area contributed by atoms with E-state index in [1.54, 1.807) is 13.8 Å². The molecule has 0 bridgehead atoms. The molecular formula is C11H14O3. The zero-order chi connectivity index (χ0) is 10.3. The van der Waals surface area contributed by atoms with Gasteiger partial charge in [0.15, 0.2) is 11.5 Å². The van der Waals surface area contributed by atoms with Crippen LogP contribution in [0.5, 0.6) is 11.5 Å². The summed E-state index contributed by atoms with van der Waals surface area (Å²) >= 11 is 0. The van der Waals surface area contributed by atoms with Crippen LogP contribution in [0.1, 0.15) is 25.0 Å². The number of ether oxygens (including phenoxy) is 2. The first-order chi connectivity index (χ1) is 6.50. The molecule has 0 spiro atoms. The van der Waals surface area contributed by atoms with Gasteiger partial charge in [0.1, 0.15) is 0 Å². The summed E-state index contributed by atoms with van der Waals surface area (Å²) in [5.74, 6) is 1.39. The third-order valence-electron chi connectivity index (χ3n) is 2.36. The predicted octanol–water partition coefficient (Wildman–Crippen LogP) is 1.95. The molecule has 0 saturated heterocycles. The number of hydrogen-bond acceptors (Lipinski definition) is 3. The first kappa shape index (κ1) is 9.34. The molecule has 0 amide bonds. The van der Waals surface area contributed by atoms with Crippen molar-refractivity contribution >= 4 is 0 Å². The fourth-order valence-corrected chi connectivity index (χ4v) is 1.83. The summed E-state index contributed by atoms with van der Waals surface area (Å²) in [5.41, 5.74) is 0.928. The average molecular weight is 194 g/mol. The van der Waals surface area contributed by atoms with Crippen LogP contribution in [0.4, 0.5) is 0 Å². The van der Waals surface area contributed by atoms with Gasteiger partial charge in [-0.25, -0.2) is 0 Å². The van der Waals surface area contributed by atoms with E-state index in [-0.39, 0.29) is 6.79 Å². The van der Waals surface area contributed by atoms with Gasteiger partial charge in [-0.1, -0.05) is 6.07 Å². The van der Waals surface area contributed by atoms with Crippen molar-refractivity contribution in [1.82, 2.24) is 0 Å². The third kappa shape index (κ3) is 1.34. The molecule has 0 saturated carbocycles. The highest BCUT2D eigenvalue weighted by Gasteiger charge is 2.28. The highest BCUT2D eigenvalue weighted by Crippen LogP contribution is 2.42. The summed E-state index contributed by atoms with van der Waals surface area (Å²) in [6.45, 7) is 5.69. The summed E-state index contributed by atoms with van der Waals surface area (Å²) in [6.07, 6.45) is 0. The Morgan fingerprint density at radius 3 is 2.64 bits per heavy atom. The summed E-state index contributed by atoms with van der Waals surface area (Å²) in [6, 6.07) is 3.80. The minimum Gasteiger partial charge on any atom is -0.454 e. The van der Waals surface area contributed by atoms with Crippen molar-refractivity contribution in [1.29, 1.82) is 0 Å². The highest BCUT2D eigenvalue weighted by atomic mass is 16.7. The molecule has 0 fully saturated rings. The Hall–Kier alpha value is -1.22.